The number of anilines is 1. The van der Waals surface area contributed by atoms with Gasteiger partial charge >= 0.3 is 0 Å². The van der Waals surface area contributed by atoms with Crippen LogP contribution in [0.4, 0.5) is 5.69 Å². The van der Waals surface area contributed by atoms with E-state index >= 15 is 0 Å². The number of methoxy groups -OCH3 is 3. The molecule has 0 fully saturated rings. The topological polar surface area (TPSA) is 73.9 Å². The average molecular weight is 358 g/mol. The van der Waals surface area contributed by atoms with Crippen molar-refractivity contribution in [1.29, 1.82) is 0 Å². The molecule has 2 aromatic carbocycles. The van der Waals surface area contributed by atoms with Gasteiger partial charge in [0.05, 0.1) is 32.0 Å². The van der Waals surface area contributed by atoms with Gasteiger partial charge in [-0.2, -0.15) is 0 Å². The Morgan fingerprint density at radius 1 is 0.957 bits per heavy atom. The largest absolute Gasteiger partial charge is 0.493 e. The second-order valence-electron chi connectivity index (χ2n) is 4.45. The third kappa shape index (κ3) is 3.62. The van der Waals surface area contributed by atoms with Crippen molar-refractivity contribution in [2.75, 3.05) is 26.1 Å². The Balaban J connectivity index is 2.46. The molecule has 1 N–H and O–H groups in total. The summed E-state index contributed by atoms with van der Waals surface area (Å²) in [7, 11) is 0.515. The molecule has 0 saturated carbocycles. The molecule has 0 atom stereocenters. The minimum Gasteiger partial charge on any atom is -0.493 e. The van der Waals surface area contributed by atoms with Crippen molar-refractivity contribution in [3.05, 3.63) is 41.4 Å². The molecule has 8 heteroatoms. The highest BCUT2D eigenvalue weighted by atomic mass is 35.5. The number of benzene rings is 2. The van der Waals surface area contributed by atoms with E-state index in [4.69, 9.17) is 25.8 Å². The molecule has 2 aromatic rings. The van der Waals surface area contributed by atoms with Crippen LogP contribution < -0.4 is 18.9 Å². The van der Waals surface area contributed by atoms with Crippen LogP contribution in [-0.4, -0.2) is 29.7 Å². The summed E-state index contributed by atoms with van der Waals surface area (Å²) in [5, 5.41) is 0.132. The Hall–Kier alpha value is -2.12. The first-order valence-electron chi connectivity index (χ1n) is 6.50. The van der Waals surface area contributed by atoms with Crippen molar-refractivity contribution in [3.8, 4) is 17.2 Å². The minimum atomic E-state index is -3.85. The van der Waals surface area contributed by atoms with Gasteiger partial charge in [0.25, 0.3) is 10.0 Å². The fourth-order valence-corrected chi connectivity index (χ4v) is 3.57. The minimum absolute atomic E-state index is 0.0181. The lowest BCUT2D eigenvalue weighted by molar-refractivity contribution is 0.325. The lowest BCUT2D eigenvalue weighted by atomic mass is 10.2. The van der Waals surface area contributed by atoms with Crippen molar-refractivity contribution in [2.45, 2.75) is 4.90 Å². The summed E-state index contributed by atoms with van der Waals surface area (Å²) in [6, 6.07) is 9.16. The molecule has 23 heavy (non-hydrogen) atoms. The Kier molecular flexibility index (Phi) is 5.23. The smallest absolute Gasteiger partial charge is 0.263 e. The summed E-state index contributed by atoms with van der Waals surface area (Å²) in [4.78, 5) is -0.0181. The zero-order chi connectivity index (χ0) is 17.0. The SMILES string of the molecule is COc1cc(NS(=O)(=O)c2ccccc2Cl)cc(OC)c1OC. The van der Waals surface area contributed by atoms with Gasteiger partial charge in [-0.25, -0.2) is 8.42 Å². The summed E-state index contributed by atoms with van der Waals surface area (Å²) in [6.07, 6.45) is 0. The highest BCUT2D eigenvalue weighted by molar-refractivity contribution is 7.92. The molecule has 0 aliphatic rings. The summed E-state index contributed by atoms with van der Waals surface area (Å²) in [5.74, 6) is 1.04. The molecule has 0 aliphatic carbocycles. The standard InChI is InChI=1S/C15H16ClNO5S/c1-20-12-8-10(9-13(21-2)15(12)22-3)17-23(18,19)14-7-5-4-6-11(14)16/h4-9,17H,1-3H3. The van der Waals surface area contributed by atoms with Gasteiger partial charge < -0.3 is 14.2 Å². The third-order valence-electron chi connectivity index (χ3n) is 3.04. The molecule has 0 heterocycles. The molecular formula is C15H16ClNO5S. The van der Waals surface area contributed by atoms with Crippen LogP contribution in [0.2, 0.25) is 5.02 Å². The van der Waals surface area contributed by atoms with Gasteiger partial charge in [-0.3, -0.25) is 4.72 Å². The molecule has 0 spiro atoms. The van der Waals surface area contributed by atoms with E-state index in [1.54, 1.807) is 12.1 Å². The quantitative estimate of drug-likeness (QED) is 0.859. The van der Waals surface area contributed by atoms with E-state index < -0.39 is 10.0 Å². The molecule has 124 valence electrons. The molecule has 0 aliphatic heterocycles. The predicted octanol–water partition coefficient (Wildman–Crippen LogP) is 3.17. The number of nitrogens with one attached hydrogen (secondary N) is 1. The molecule has 0 aromatic heterocycles. The van der Waals surface area contributed by atoms with Gasteiger partial charge in [-0.15, -0.1) is 0 Å². The predicted molar refractivity (Wildman–Crippen MR) is 88.4 cm³/mol. The lowest BCUT2D eigenvalue weighted by Crippen LogP contribution is -2.13. The summed E-state index contributed by atoms with van der Waals surface area (Å²) in [5.41, 5.74) is 0.263. The summed E-state index contributed by atoms with van der Waals surface area (Å²) in [6.45, 7) is 0. The first-order chi connectivity index (χ1) is 10.9. The maximum atomic E-state index is 12.5. The molecule has 0 saturated heterocycles. The number of ether oxygens (including phenoxy) is 3. The van der Waals surface area contributed by atoms with Gasteiger partial charge in [0, 0.05) is 12.1 Å². The van der Waals surface area contributed by atoms with Crippen LogP contribution in [0.25, 0.3) is 0 Å². The number of rotatable bonds is 6. The maximum absolute atomic E-state index is 12.5. The third-order valence-corrected chi connectivity index (χ3v) is 4.92. The van der Waals surface area contributed by atoms with E-state index in [1.807, 2.05) is 0 Å². The highest BCUT2D eigenvalue weighted by Gasteiger charge is 2.20. The van der Waals surface area contributed by atoms with Crippen LogP contribution in [0, 0.1) is 0 Å². The zero-order valence-electron chi connectivity index (χ0n) is 12.8. The fourth-order valence-electron chi connectivity index (χ4n) is 2.01. The number of hydrogen-bond acceptors (Lipinski definition) is 5. The van der Waals surface area contributed by atoms with Gasteiger partial charge in [-0.1, -0.05) is 23.7 Å². The molecule has 2 rings (SSSR count). The maximum Gasteiger partial charge on any atom is 0.263 e. The zero-order valence-corrected chi connectivity index (χ0v) is 14.4. The van der Waals surface area contributed by atoms with Crippen LogP contribution >= 0.6 is 11.6 Å². The first-order valence-corrected chi connectivity index (χ1v) is 8.36. The van der Waals surface area contributed by atoms with Crippen molar-refractivity contribution in [2.24, 2.45) is 0 Å². The van der Waals surface area contributed by atoms with E-state index in [0.29, 0.717) is 17.2 Å². The van der Waals surface area contributed by atoms with Gasteiger partial charge in [0.2, 0.25) is 5.75 Å². The molecule has 0 bridgehead atoms. The summed E-state index contributed by atoms with van der Waals surface area (Å²) < 4.78 is 43.0. The van der Waals surface area contributed by atoms with Crippen LogP contribution in [0.5, 0.6) is 17.2 Å². The van der Waals surface area contributed by atoms with Gasteiger partial charge in [0.1, 0.15) is 4.90 Å². The molecule has 0 unspecified atom stereocenters. The molecule has 0 amide bonds. The van der Waals surface area contributed by atoms with E-state index in [-0.39, 0.29) is 15.6 Å². The molecular weight excluding hydrogens is 342 g/mol. The lowest BCUT2D eigenvalue weighted by Gasteiger charge is -2.15. The summed E-state index contributed by atoms with van der Waals surface area (Å²) >= 11 is 5.95. The van der Waals surface area contributed by atoms with E-state index in [9.17, 15) is 8.42 Å². The Morgan fingerprint density at radius 2 is 1.52 bits per heavy atom. The van der Waals surface area contributed by atoms with Crippen LogP contribution in [0.1, 0.15) is 0 Å². The van der Waals surface area contributed by atoms with Crippen molar-refractivity contribution in [1.82, 2.24) is 0 Å². The Morgan fingerprint density at radius 3 is 2.00 bits per heavy atom. The Labute approximate surface area is 140 Å². The van der Waals surface area contributed by atoms with Crippen molar-refractivity contribution < 1.29 is 22.6 Å². The molecule has 6 nitrogen and oxygen atoms in total. The van der Waals surface area contributed by atoms with E-state index in [0.717, 1.165) is 0 Å². The van der Waals surface area contributed by atoms with E-state index in [1.165, 1.54) is 45.6 Å². The Bertz CT molecular complexity index is 782. The van der Waals surface area contributed by atoms with Crippen LogP contribution in [0.15, 0.2) is 41.3 Å². The number of hydrogen-bond donors (Lipinski definition) is 1. The van der Waals surface area contributed by atoms with E-state index in [2.05, 4.69) is 4.72 Å². The average Bonchev–Trinajstić information content (AvgIpc) is 2.53. The highest BCUT2D eigenvalue weighted by Crippen LogP contribution is 2.40. The molecule has 0 radical (unpaired) electrons. The van der Waals surface area contributed by atoms with Crippen molar-refractivity contribution in [3.63, 3.8) is 0 Å². The number of halogens is 1. The van der Waals surface area contributed by atoms with Crippen LogP contribution in [-0.2, 0) is 10.0 Å². The second-order valence-corrected chi connectivity index (χ2v) is 6.51. The van der Waals surface area contributed by atoms with Crippen LogP contribution in [0.3, 0.4) is 0 Å². The first kappa shape index (κ1) is 17.2. The van der Waals surface area contributed by atoms with Gasteiger partial charge in [-0.05, 0) is 12.1 Å². The number of sulfonamides is 1. The van der Waals surface area contributed by atoms with Gasteiger partial charge in [0.15, 0.2) is 11.5 Å². The monoisotopic (exact) mass is 357 g/mol. The second kappa shape index (κ2) is 6.97. The fraction of sp³-hybridized carbons (Fsp3) is 0.200. The normalized spacial score (nSPS) is 11.0. The van der Waals surface area contributed by atoms with Crippen molar-refractivity contribution >= 4 is 27.3 Å².